The number of nitrogens with zero attached hydrogens (tertiary/aromatic N) is 6. The third kappa shape index (κ3) is 4.54. The number of imidazole rings is 1. The number of rotatable bonds is 6. The molecule has 0 unspecified atom stereocenters. The Bertz CT molecular complexity index is 1720. The molecular weight excluding hydrogens is 575 g/mol. The molecule has 2 aliphatic rings. The van der Waals surface area contributed by atoms with E-state index in [-0.39, 0.29) is 34.0 Å². The van der Waals surface area contributed by atoms with E-state index in [0.717, 1.165) is 4.31 Å². The van der Waals surface area contributed by atoms with Crippen LogP contribution in [0, 0.1) is 11.3 Å². The lowest BCUT2D eigenvalue weighted by Crippen LogP contribution is -2.44. The van der Waals surface area contributed by atoms with Gasteiger partial charge in [-0.3, -0.25) is 14.2 Å². The van der Waals surface area contributed by atoms with Crippen molar-refractivity contribution in [1.29, 1.82) is 5.26 Å². The van der Waals surface area contributed by atoms with Crippen molar-refractivity contribution < 1.29 is 18.0 Å². The number of nitriles is 1. The summed E-state index contributed by atoms with van der Waals surface area (Å²) in [5.74, 6) is 1.11. The van der Waals surface area contributed by atoms with Crippen molar-refractivity contribution in [3.8, 4) is 6.07 Å². The molecule has 1 saturated heterocycles. The standard InChI is InChI=1S/C27H22Cl2N6O4S/c1-3-31-24(36)22-5-4-10-33(22)40(38,39)23-16-32-26-34(21-12-19(28)11-20(29)13-21)25(37)27(2,35(23)26)14-17-6-8-18(15-30)9-7-17/h6-9,11-13,16,22H,1,4-5,10,14H2,2H3/t22-,27+/m0/s1. The Hall–Kier alpha value is -3.78. The Kier molecular flexibility index (Phi) is 7.17. The van der Waals surface area contributed by atoms with Crippen LogP contribution in [0.5, 0.6) is 0 Å². The normalized spacial score (nSPS) is 20.7. The van der Waals surface area contributed by atoms with Gasteiger partial charge in [0.05, 0.1) is 23.5 Å². The summed E-state index contributed by atoms with van der Waals surface area (Å²) in [6, 6.07) is 12.3. The second-order valence-electron chi connectivity index (χ2n) is 9.64. The highest BCUT2D eigenvalue weighted by molar-refractivity contribution is 7.89. The van der Waals surface area contributed by atoms with Crippen LogP contribution in [0.25, 0.3) is 0 Å². The minimum atomic E-state index is -4.32. The second-order valence-corrected chi connectivity index (χ2v) is 12.4. The molecule has 0 radical (unpaired) electrons. The van der Waals surface area contributed by atoms with Crippen LogP contribution in [0.4, 0.5) is 11.6 Å². The molecule has 0 saturated carbocycles. The van der Waals surface area contributed by atoms with E-state index in [1.807, 2.05) is 0 Å². The van der Waals surface area contributed by atoms with Gasteiger partial charge in [-0.05, 0) is 68.1 Å². The largest absolute Gasteiger partial charge is 0.284 e. The fourth-order valence-electron chi connectivity index (χ4n) is 5.26. The van der Waals surface area contributed by atoms with Crippen LogP contribution >= 0.6 is 23.2 Å². The summed E-state index contributed by atoms with van der Waals surface area (Å²) in [5.41, 5.74) is -0.00879. The molecule has 40 heavy (non-hydrogen) atoms. The second kappa shape index (κ2) is 10.3. The van der Waals surface area contributed by atoms with Gasteiger partial charge in [0.25, 0.3) is 21.8 Å². The summed E-state index contributed by atoms with van der Waals surface area (Å²) in [7, 11) is -4.32. The quantitative estimate of drug-likeness (QED) is 0.391. The summed E-state index contributed by atoms with van der Waals surface area (Å²) in [6.45, 7) is 5.03. The highest BCUT2D eigenvalue weighted by atomic mass is 35.5. The van der Waals surface area contributed by atoms with Crippen LogP contribution in [-0.2, 0) is 31.6 Å². The van der Waals surface area contributed by atoms with E-state index in [1.54, 1.807) is 31.2 Å². The molecule has 0 spiro atoms. The Morgan fingerprint density at radius 3 is 2.52 bits per heavy atom. The van der Waals surface area contributed by atoms with Gasteiger partial charge in [0, 0.05) is 23.0 Å². The maximum absolute atomic E-state index is 14.2. The fourth-order valence-corrected chi connectivity index (χ4v) is 7.61. The molecule has 1 fully saturated rings. The Morgan fingerprint density at radius 2 is 1.90 bits per heavy atom. The van der Waals surface area contributed by atoms with Crippen LogP contribution in [0.2, 0.25) is 10.0 Å². The Balaban J connectivity index is 1.68. The minimum Gasteiger partial charge on any atom is -0.284 e. The molecule has 2 atom stereocenters. The Morgan fingerprint density at radius 1 is 1.23 bits per heavy atom. The Labute approximate surface area is 240 Å². The van der Waals surface area contributed by atoms with Gasteiger partial charge in [-0.1, -0.05) is 35.3 Å². The molecule has 13 heteroatoms. The van der Waals surface area contributed by atoms with E-state index >= 15 is 0 Å². The van der Waals surface area contributed by atoms with Crippen molar-refractivity contribution in [2.75, 3.05) is 11.4 Å². The van der Waals surface area contributed by atoms with E-state index < -0.39 is 33.4 Å². The topological polar surface area (TPSA) is 129 Å². The van der Waals surface area contributed by atoms with Gasteiger partial charge in [0.1, 0.15) is 11.6 Å². The first-order valence-corrected chi connectivity index (χ1v) is 14.4. The molecule has 1 aromatic heterocycles. The van der Waals surface area contributed by atoms with Crippen LogP contribution in [-0.4, -0.2) is 52.5 Å². The molecule has 0 bridgehead atoms. The SMILES string of the molecule is C=C=NC(=O)[C@@H]1CCCN1S(=O)(=O)c1cnc2n1[C@](C)(Cc1ccc(C#N)cc1)C(=O)N2c1cc(Cl)cc(Cl)c1. The van der Waals surface area contributed by atoms with Crippen molar-refractivity contribution in [1.82, 2.24) is 13.9 Å². The van der Waals surface area contributed by atoms with Gasteiger partial charge in [0.2, 0.25) is 5.95 Å². The smallest absolute Gasteiger partial charge is 0.272 e. The zero-order chi connectivity index (χ0) is 28.8. The van der Waals surface area contributed by atoms with Crippen molar-refractivity contribution in [2.24, 2.45) is 4.99 Å². The molecule has 2 amide bonds. The predicted octanol–water partition coefficient (Wildman–Crippen LogP) is 4.23. The monoisotopic (exact) mass is 596 g/mol. The number of aliphatic imine (C=N–C) groups is 1. The molecule has 3 aromatic rings. The number of fused-ring (bicyclic) bond motifs is 1. The van der Waals surface area contributed by atoms with Gasteiger partial charge < -0.3 is 0 Å². The van der Waals surface area contributed by atoms with Gasteiger partial charge in [0.15, 0.2) is 5.03 Å². The van der Waals surface area contributed by atoms with Crippen LogP contribution in [0.15, 0.2) is 65.3 Å². The zero-order valence-corrected chi connectivity index (χ0v) is 23.5. The molecule has 3 heterocycles. The molecular formula is C27H22Cl2N6O4S. The van der Waals surface area contributed by atoms with Crippen molar-refractivity contribution in [2.45, 2.75) is 42.8 Å². The number of carbonyl (C=O) groups excluding carboxylic acids is 2. The van der Waals surface area contributed by atoms with Crippen LogP contribution in [0.1, 0.15) is 30.9 Å². The van der Waals surface area contributed by atoms with E-state index in [1.165, 1.54) is 33.9 Å². The molecule has 0 N–H and O–H groups in total. The average molecular weight is 597 g/mol. The summed E-state index contributed by atoms with van der Waals surface area (Å²) in [4.78, 5) is 36.0. The maximum atomic E-state index is 14.2. The number of sulfonamides is 1. The fraction of sp³-hybridized carbons (Fsp3) is 0.259. The predicted molar refractivity (Wildman–Crippen MR) is 149 cm³/mol. The highest BCUT2D eigenvalue weighted by Crippen LogP contribution is 2.45. The third-order valence-electron chi connectivity index (χ3n) is 7.06. The summed E-state index contributed by atoms with van der Waals surface area (Å²) in [5, 5.41) is 9.50. The number of hydrogen-bond donors (Lipinski definition) is 0. The average Bonchev–Trinajstić information content (AvgIpc) is 3.62. The lowest BCUT2D eigenvalue weighted by molar-refractivity contribution is -0.124. The number of amides is 2. The molecule has 0 aliphatic carbocycles. The molecule has 10 nitrogen and oxygen atoms in total. The van der Waals surface area contributed by atoms with Crippen molar-refractivity contribution in [3.05, 3.63) is 76.4 Å². The number of benzene rings is 2. The van der Waals surface area contributed by atoms with Crippen LogP contribution in [0.3, 0.4) is 0 Å². The minimum absolute atomic E-state index is 0.0595. The number of hydrogen-bond acceptors (Lipinski definition) is 6. The first-order chi connectivity index (χ1) is 19.0. The van der Waals surface area contributed by atoms with Gasteiger partial charge >= 0.3 is 0 Å². The van der Waals surface area contributed by atoms with Crippen LogP contribution < -0.4 is 4.90 Å². The number of carbonyl (C=O) groups is 2. The summed E-state index contributed by atoms with van der Waals surface area (Å²) < 4.78 is 30.6. The summed E-state index contributed by atoms with van der Waals surface area (Å²) in [6.07, 6.45) is 2.01. The van der Waals surface area contributed by atoms with E-state index in [4.69, 9.17) is 23.2 Å². The lowest BCUT2D eigenvalue weighted by atomic mass is 9.91. The van der Waals surface area contributed by atoms with Crippen molar-refractivity contribution >= 4 is 62.5 Å². The first kappa shape index (κ1) is 27.8. The molecule has 204 valence electrons. The lowest BCUT2D eigenvalue weighted by Gasteiger charge is -2.28. The van der Waals surface area contributed by atoms with Gasteiger partial charge in [-0.15, -0.1) is 0 Å². The van der Waals surface area contributed by atoms with Crippen molar-refractivity contribution in [3.63, 3.8) is 0 Å². The maximum Gasteiger partial charge on any atom is 0.272 e. The number of aromatic nitrogens is 2. The zero-order valence-electron chi connectivity index (χ0n) is 21.2. The molecule has 5 rings (SSSR count). The van der Waals surface area contributed by atoms with Gasteiger partial charge in [-0.25, -0.2) is 18.3 Å². The number of anilines is 2. The highest BCUT2D eigenvalue weighted by Gasteiger charge is 2.53. The molecule has 2 aromatic carbocycles. The van der Waals surface area contributed by atoms with E-state index in [2.05, 4.69) is 28.5 Å². The molecule has 2 aliphatic heterocycles. The van der Waals surface area contributed by atoms with Gasteiger partial charge in [-0.2, -0.15) is 14.6 Å². The number of halogens is 2. The van der Waals surface area contributed by atoms with E-state index in [9.17, 15) is 23.3 Å². The van der Waals surface area contributed by atoms with E-state index in [0.29, 0.717) is 29.7 Å². The third-order valence-corrected chi connectivity index (χ3v) is 9.36. The summed E-state index contributed by atoms with van der Waals surface area (Å²) >= 11 is 12.5. The first-order valence-electron chi connectivity index (χ1n) is 12.2.